The molecule has 1 saturated heterocycles. The second kappa shape index (κ2) is 8.43. The fourth-order valence-corrected chi connectivity index (χ4v) is 1.71. The predicted molar refractivity (Wildman–Crippen MR) is 70.9 cm³/mol. The van der Waals surface area contributed by atoms with Gasteiger partial charge in [0, 0.05) is 18.8 Å². The summed E-state index contributed by atoms with van der Waals surface area (Å²) in [5.74, 6) is 7.62. The molecule has 0 saturated carbocycles. The molecule has 2 rings (SSSR count). The summed E-state index contributed by atoms with van der Waals surface area (Å²) >= 11 is -0.701. The summed E-state index contributed by atoms with van der Waals surface area (Å²) in [5.41, 5.74) is 1.13. The van der Waals surface area contributed by atoms with Gasteiger partial charge < -0.3 is 4.74 Å². The van der Waals surface area contributed by atoms with E-state index in [1.807, 2.05) is 30.3 Å². The predicted octanol–water partition coefficient (Wildman–Crippen LogP) is 3.13. The molecule has 0 bridgehead atoms. The van der Waals surface area contributed by atoms with Gasteiger partial charge in [0.15, 0.2) is 0 Å². The summed E-state index contributed by atoms with van der Waals surface area (Å²) in [6, 6.07) is 10.1. The molecule has 1 aromatic carbocycles. The van der Waals surface area contributed by atoms with Gasteiger partial charge in [-0.25, -0.2) is 4.78 Å². The second-order valence-corrected chi connectivity index (χ2v) is 6.71. The number of hydrogen-bond acceptors (Lipinski definition) is 1. The summed E-state index contributed by atoms with van der Waals surface area (Å²) in [6.07, 6.45) is 2.56. The molecule has 1 heterocycles. The zero-order valence-electron chi connectivity index (χ0n) is 10.2. The Bertz CT molecular complexity index is 323. The second-order valence-electron chi connectivity index (χ2n) is 4.11. The van der Waals surface area contributed by atoms with Gasteiger partial charge in [0.1, 0.15) is 0 Å². The molecule has 1 aliphatic heterocycles. The van der Waals surface area contributed by atoms with Crippen molar-refractivity contribution in [3.63, 3.8) is 0 Å². The minimum Gasteiger partial charge on any atom is -0.381 e. The molecule has 1 aromatic rings. The van der Waals surface area contributed by atoms with Gasteiger partial charge in [-0.15, -0.1) is 0 Å². The van der Waals surface area contributed by atoms with E-state index >= 15 is 0 Å². The van der Waals surface area contributed by atoms with Crippen LogP contribution in [0.3, 0.4) is 0 Å². The maximum atomic E-state index is 4.94. The lowest BCUT2D eigenvalue weighted by atomic mass is 10.2. The zero-order valence-corrected chi connectivity index (χ0v) is 11.4. The molecule has 0 amide bonds. The van der Waals surface area contributed by atoms with Crippen molar-refractivity contribution in [3.8, 4) is 10.7 Å². The van der Waals surface area contributed by atoms with Crippen LogP contribution in [-0.4, -0.2) is 27.4 Å². The lowest BCUT2D eigenvalue weighted by Gasteiger charge is -1.86. The van der Waals surface area contributed by atoms with Crippen LogP contribution in [0.4, 0.5) is 0 Å². The molecule has 1 nitrogen and oxygen atoms in total. The summed E-state index contributed by atoms with van der Waals surface area (Å²) in [4.78, 5) is 3.25. The van der Waals surface area contributed by atoms with Crippen LogP contribution in [0.15, 0.2) is 30.3 Å². The standard InChI is InChI=1S/C8H5.C4H8O.2CH3.Al/c1-2-8-6-4-3-5-7-8;1-2-4-5-3-1;;;/h3-7H;1-4H2;2*1H3;. The quantitative estimate of drug-likeness (QED) is 0.491. The van der Waals surface area contributed by atoms with Gasteiger partial charge in [0.05, 0.1) is 0 Å². The highest BCUT2D eigenvalue weighted by Gasteiger charge is 1.94. The minimum atomic E-state index is -0.701. The average molecular weight is 230 g/mol. The van der Waals surface area contributed by atoms with E-state index in [-0.39, 0.29) is 0 Å². The Kier molecular flexibility index (Phi) is 7.03. The van der Waals surface area contributed by atoms with E-state index < -0.39 is 14.1 Å². The molecule has 0 aromatic heterocycles. The van der Waals surface area contributed by atoms with Crippen LogP contribution in [0, 0.1) is 10.7 Å². The van der Waals surface area contributed by atoms with E-state index in [4.69, 9.17) is 4.74 Å². The monoisotopic (exact) mass is 230 g/mol. The van der Waals surface area contributed by atoms with Crippen molar-refractivity contribution < 1.29 is 4.74 Å². The highest BCUT2D eigenvalue weighted by atomic mass is 27.2. The lowest BCUT2D eigenvalue weighted by Crippen LogP contribution is -1.93. The van der Waals surface area contributed by atoms with E-state index in [9.17, 15) is 0 Å². The summed E-state index contributed by atoms with van der Waals surface area (Å²) in [6.45, 7) is 2.00. The smallest absolute Gasteiger partial charge is 0.370 e. The molecule has 0 N–H and O–H groups in total. The number of rotatable bonds is 0. The van der Waals surface area contributed by atoms with Crippen LogP contribution in [0.5, 0.6) is 0 Å². The molecule has 0 aliphatic carbocycles. The Morgan fingerprint density at radius 2 is 1.69 bits per heavy atom. The minimum absolute atomic E-state index is 0.701. The number of hydrogen-bond donors (Lipinski definition) is 0. The molecule has 0 radical (unpaired) electrons. The van der Waals surface area contributed by atoms with Gasteiger partial charge in [-0.3, -0.25) is 0 Å². The maximum absolute atomic E-state index is 4.94. The van der Waals surface area contributed by atoms with Gasteiger partial charge in [0.2, 0.25) is 0 Å². The van der Waals surface area contributed by atoms with E-state index in [0.29, 0.717) is 0 Å². The highest BCUT2D eigenvalue weighted by molar-refractivity contribution is 6.64. The Morgan fingerprint density at radius 1 is 1.06 bits per heavy atom. The van der Waals surface area contributed by atoms with Crippen molar-refractivity contribution in [2.45, 2.75) is 24.4 Å². The average Bonchev–Trinajstić information content (AvgIpc) is 2.86. The third-order valence-electron chi connectivity index (χ3n) is 2.11. The third kappa shape index (κ3) is 6.70. The Balaban J connectivity index is 0.000000212. The first-order valence-electron chi connectivity index (χ1n) is 5.93. The molecule has 0 unspecified atom stereocenters. The SMILES string of the molecule is C1CCOC1.[CH3][Al]([CH3])[C]#Cc1ccccc1. The Labute approximate surface area is 103 Å². The van der Waals surface area contributed by atoms with Crippen molar-refractivity contribution in [3.05, 3.63) is 35.9 Å². The molecular weight excluding hydrogens is 211 g/mol. The Morgan fingerprint density at radius 3 is 2.12 bits per heavy atom. The highest BCUT2D eigenvalue weighted by Crippen LogP contribution is 1.98. The molecule has 0 atom stereocenters. The first-order valence-corrected chi connectivity index (χ1v) is 8.82. The summed E-state index contributed by atoms with van der Waals surface area (Å²) < 4.78 is 4.94. The fourth-order valence-electron chi connectivity index (χ4n) is 1.26. The van der Waals surface area contributed by atoms with Crippen LogP contribution < -0.4 is 0 Å². The van der Waals surface area contributed by atoms with Crippen molar-refractivity contribution in [1.29, 1.82) is 0 Å². The van der Waals surface area contributed by atoms with Crippen molar-refractivity contribution in [1.82, 2.24) is 0 Å². The van der Waals surface area contributed by atoms with Gasteiger partial charge in [-0.1, -0.05) is 35.7 Å². The summed E-state index contributed by atoms with van der Waals surface area (Å²) in [5, 5.41) is 0. The molecule has 84 valence electrons. The molecular formula is C14H19AlO. The topological polar surface area (TPSA) is 9.23 Å². The van der Waals surface area contributed by atoms with Crippen LogP contribution >= 0.6 is 0 Å². The fraction of sp³-hybridized carbons (Fsp3) is 0.429. The van der Waals surface area contributed by atoms with Crippen LogP contribution in [-0.2, 0) is 4.74 Å². The number of ether oxygens (including phenoxy) is 1. The maximum Gasteiger partial charge on any atom is 0.370 e. The molecule has 2 heteroatoms. The first kappa shape index (κ1) is 13.3. The van der Waals surface area contributed by atoms with Crippen LogP contribution in [0.25, 0.3) is 0 Å². The number of benzene rings is 1. The molecule has 1 aliphatic rings. The summed E-state index contributed by atoms with van der Waals surface area (Å²) in [7, 11) is 0. The van der Waals surface area contributed by atoms with Crippen molar-refractivity contribution >= 4 is 14.1 Å². The normalized spacial score (nSPS) is 13.1. The third-order valence-corrected chi connectivity index (χ3v) is 2.83. The largest absolute Gasteiger partial charge is 0.381 e. The van der Waals surface area contributed by atoms with Crippen molar-refractivity contribution in [2.75, 3.05) is 13.2 Å². The lowest BCUT2D eigenvalue weighted by molar-refractivity contribution is 0.198. The first-order chi connectivity index (χ1) is 7.79. The van der Waals surface area contributed by atoms with Crippen LogP contribution in [0.2, 0.25) is 11.6 Å². The van der Waals surface area contributed by atoms with Crippen LogP contribution in [0.1, 0.15) is 18.4 Å². The zero-order chi connectivity index (χ0) is 11.6. The van der Waals surface area contributed by atoms with Gasteiger partial charge in [-0.2, -0.15) is 0 Å². The van der Waals surface area contributed by atoms with Gasteiger partial charge in [-0.05, 0) is 25.0 Å². The molecule has 0 spiro atoms. The van der Waals surface area contributed by atoms with E-state index in [1.165, 1.54) is 12.8 Å². The van der Waals surface area contributed by atoms with Gasteiger partial charge >= 0.3 is 14.1 Å². The Hall–Kier alpha value is -0.728. The van der Waals surface area contributed by atoms with Gasteiger partial charge in [0.25, 0.3) is 0 Å². The van der Waals surface area contributed by atoms with Crippen molar-refractivity contribution in [2.24, 2.45) is 0 Å². The molecule has 16 heavy (non-hydrogen) atoms. The molecule has 1 fully saturated rings. The van der Waals surface area contributed by atoms with E-state index in [0.717, 1.165) is 18.8 Å². The van der Waals surface area contributed by atoms with E-state index in [2.05, 4.69) is 22.3 Å². The van der Waals surface area contributed by atoms with E-state index in [1.54, 1.807) is 0 Å².